The highest BCUT2D eigenvalue weighted by Crippen LogP contribution is 2.55. The third-order valence-corrected chi connectivity index (χ3v) is 5.71. The van der Waals surface area contributed by atoms with Crippen molar-refractivity contribution in [1.29, 1.82) is 5.26 Å². The summed E-state index contributed by atoms with van der Waals surface area (Å²) in [6.45, 7) is 0. The van der Waals surface area contributed by atoms with Crippen molar-refractivity contribution < 1.29 is 9.47 Å². The Kier molecular flexibility index (Phi) is 3.06. The quantitative estimate of drug-likeness (QED) is 0.848. The number of hydrogen-bond acceptors (Lipinski definition) is 3. The molecule has 0 aliphatic heterocycles. The van der Waals surface area contributed by atoms with Crippen molar-refractivity contribution >= 4 is 0 Å². The Labute approximate surface area is 125 Å². The summed E-state index contributed by atoms with van der Waals surface area (Å²) in [4.78, 5) is 0. The Morgan fingerprint density at radius 2 is 1.71 bits per heavy atom. The first-order valence-corrected chi connectivity index (χ1v) is 8.02. The molecule has 1 aromatic rings. The van der Waals surface area contributed by atoms with Gasteiger partial charge in [-0.05, 0) is 67.9 Å². The van der Waals surface area contributed by atoms with E-state index >= 15 is 0 Å². The van der Waals surface area contributed by atoms with E-state index in [2.05, 4.69) is 6.07 Å². The topological polar surface area (TPSA) is 42.2 Å². The Morgan fingerprint density at radius 3 is 2.29 bits per heavy atom. The lowest BCUT2D eigenvalue weighted by Gasteiger charge is -2.53. The molecule has 0 atom stereocenters. The van der Waals surface area contributed by atoms with Gasteiger partial charge in [-0.25, -0.2) is 0 Å². The molecule has 0 heterocycles. The Hall–Kier alpha value is -1.69. The molecule has 0 spiro atoms. The number of ether oxygens (including phenoxy) is 2. The molecular weight excluding hydrogens is 262 g/mol. The molecule has 0 radical (unpaired) electrons. The highest BCUT2D eigenvalue weighted by atomic mass is 16.5. The second kappa shape index (κ2) is 4.94. The van der Waals surface area contributed by atoms with Crippen LogP contribution in [0.2, 0.25) is 0 Å². The predicted octanol–water partition coefficient (Wildman–Crippen LogP) is 3.77. The second-order valence-corrected chi connectivity index (χ2v) is 6.96. The van der Waals surface area contributed by atoms with Gasteiger partial charge in [-0.1, -0.05) is 6.07 Å². The molecule has 0 unspecified atom stereocenters. The summed E-state index contributed by atoms with van der Waals surface area (Å²) in [5.74, 6) is 4.55. The van der Waals surface area contributed by atoms with Crippen LogP contribution in [-0.2, 0) is 0 Å². The second-order valence-electron chi connectivity index (χ2n) is 6.96. The number of methoxy groups -OCH3 is 1. The number of para-hydroxylation sites is 1. The van der Waals surface area contributed by atoms with E-state index in [-0.39, 0.29) is 6.10 Å². The zero-order chi connectivity index (χ0) is 14.4. The third-order valence-electron chi connectivity index (χ3n) is 5.71. The first kappa shape index (κ1) is 13.0. The first-order valence-electron chi connectivity index (χ1n) is 8.02. The molecule has 3 nitrogen and oxygen atoms in total. The molecule has 0 aromatic heterocycles. The lowest BCUT2D eigenvalue weighted by atomic mass is 9.55. The maximum absolute atomic E-state index is 9.33. The summed E-state index contributed by atoms with van der Waals surface area (Å²) >= 11 is 0. The van der Waals surface area contributed by atoms with E-state index in [1.807, 2.05) is 18.2 Å². The van der Waals surface area contributed by atoms with E-state index in [1.165, 1.54) is 32.1 Å². The van der Waals surface area contributed by atoms with E-state index in [0.29, 0.717) is 28.9 Å². The van der Waals surface area contributed by atoms with Crippen LogP contribution in [0.3, 0.4) is 0 Å². The number of nitrogens with zero attached hydrogens (tertiary/aromatic N) is 1. The smallest absolute Gasteiger partial charge is 0.179 e. The van der Waals surface area contributed by atoms with Crippen molar-refractivity contribution in [2.24, 2.45) is 23.7 Å². The molecule has 0 amide bonds. The number of hydrogen-bond donors (Lipinski definition) is 0. The maximum atomic E-state index is 9.33. The lowest BCUT2D eigenvalue weighted by Crippen LogP contribution is -2.50. The molecule has 4 saturated carbocycles. The SMILES string of the molecule is COc1cccc(C#N)c1OC1C2CC3CC(C2)CC1C3. The molecule has 0 saturated heterocycles. The van der Waals surface area contributed by atoms with Crippen molar-refractivity contribution in [3.63, 3.8) is 0 Å². The van der Waals surface area contributed by atoms with Gasteiger partial charge in [-0.2, -0.15) is 5.26 Å². The van der Waals surface area contributed by atoms with Crippen molar-refractivity contribution in [1.82, 2.24) is 0 Å². The first-order chi connectivity index (χ1) is 10.3. The van der Waals surface area contributed by atoms with E-state index in [4.69, 9.17) is 9.47 Å². The maximum Gasteiger partial charge on any atom is 0.179 e. The third kappa shape index (κ3) is 2.09. The zero-order valence-electron chi connectivity index (χ0n) is 12.4. The molecule has 0 N–H and O–H groups in total. The number of rotatable bonds is 3. The largest absolute Gasteiger partial charge is 0.493 e. The molecule has 21 heavy (non-hydrogen) atoms. The van der Waals surface area contributed by atoms with E-state index in [9.17, 15) is 5.26 Å². The average Bonchev–Trinajstić information content (AvgIpc) is 2.50. The number of benzene rings is 1. The van der Waals surface area contributed by atoms with Crippen LogP contribution in [0.15, 0.2) is 18.2 Å². The molecular formula is C18H21NO2. The minimum atomic E-state index is 0.279. The van der Waals surface area contributed by atoms with E-state index in [1.54, 1.807) is 7.11 Å². The summed E-state index contributed by atoms with van der Waals surface area (Å²) < 4.78 is 11.8. The molecule has 3 heteroatoms. The molecule has 5 rings (SSSR count). The van der Waals surface area contributed by atoms with Crippen LogP contribution in [0, 0.1) is 35.0 Å². The van der Waals surface area contributed by atoms with Crippen molar-refractivity contribution in [3.8, 4) is 17.6 Å². The highest BCUT2D eigenvalue weighted by Gasteiger charge is 2.49. The summed E-state index contributed by atoms with van der Waals surface area (Å²) in [5, 5.41) is 9.33. The van der Waals surface area contributed by atoms with Gasteiger partial charge in [0.05, 0.1) is 12.7 Å². The minimum absolute atomic E-state index is 0.279. The van der Waals surface area contributed by atoms with Crippen LogP contribution in [0.4, 0.5) is 0 Å². The summed E-state index contributed by atoms with van der Waals surface area (Å²) in [7, 11) is 1.64. The lowest BCUT2D eigenvalue weighted by molar-refractivity contribution is -0.0796. The molecule has 4 aliphatic carbocycles. The standard InChI is InChI=1S/C18H21NO2/c1-20-16-4-2-3-13(10-19)18(16)21-17-14-6-11-5-12(8-14)9-15(17)7-11/h2-4,11-12,14-15,17H,5-9H2,1H3. The molecule has 4 bridgehead atoms. The van der Waals surface area contributed by atoms with Crippen LogP contribution >= 0.6 is 0 Å². The van der Waals surface area contributed by atoms with E-state index in [0.717, 1.165) is 11.8 Å². The fourth-order valence-corrected chi connectivity index (χ4v) is 5.09. The monoisotopic (exact) mass is 283 g/mol. The molecule has 4 aliphatic rings. The van der Waals surface area contributed by atoms with Gasteiger partial charge in [0.25, 0.3) is 0 Å². The Balaban J connectivity index is 1.63. The highest BCUT2D eigenvalue weighted by molar-refractivity contribution is 5.52. The van der Waals surface area contributed by atoms with Crippen LogP contribution in [0.1, 0.15) is 37.7 Å². The van der Waals surface area contributed by atoms with Crippen LogP contribution in [-0.4, -0.2) is 13.2 Å². The number of nitriles is 1. The van der Waals surface area contributed by atoms with Gasteiger partial charge in [0, 0.05) is 0 Å². The van der Waals surface area contributed by atoms with E-state index < -0.39 is 0 Å². The molecule has 110 valence electrons. The van der Waals surface area contributed by atoms with Gasteiger partial charge in [0.15, 0.2) is 11.5 Å². The summed E-state index contributed by atoms with van der Waals surface area (Å²) in [6.07, 6.45) is 6.98. The molecule has 1 aromatic carbocycles. The zero-order valence-corrected chi connectivity index (χ0v) is 12.4. The minimum Gasteiger partial charge on any atom is -0.493 e. The summed E-state index contributed by atoms with van der Waals surface area (Å²) in [6, 6.07) is 7.78. The van der Waals surface area contributed by atoms with Crippen molar-refractivity contribution in [3.05, 3.63) is 23.8 Å². The van der Waals surface area contributed by atoms with Crippen LogP contribution in [0.5, 0.6) is 11.5 Å². The molecule has 4 fully saturated rings. The van der Waals surface area contributed by atoms with Crippen LogP contribution < -0.4 is 9.47 Å². The summed E-state index contributed by atoms with van der Waals surface area (Å²) in [5.41, 5.74) is 0.586. The Morgan fingerprint density at radius 1 is 1.05 bits per heavy atom. The van der Waals surface area contributed by atoms with Gasteiger partial charge in [-0.3, -0.25) is 0 Å². The normalized spacial score (nSPS) is 36.3. The van der Waals surface area contributed by atoms with Gasteiger partial charge < -0.3 is 9.47 Å². The van der Waals surface area contributed by atoms with Gasteiger partial charge in [0.1, 0.15) is 12.2 Å². The fraction of sp³-hybridized carbons (Fsp3) is 0.611. The predicted molar refractivity (Wildman–Crippen MR) is 79.2 cm³/mol. The van der Waals surface area contributed by atoms with Crippen LogP contribution in [0.25, 0.3) is 0 Å². The van der Waals surface area contributed by atoms with Gasteiger partial charge in [-0.15, -0.1) is 0 Å². The fourth-order valence-electron chi connectivity index (χ4n) is 5.09. The average molecular weight is 283 g/mol. The van der Waals surface area contributed by atoms with Crippen molar-refractivity contribution in [2.45, 2.75) is 38.2 Å². The van der Waals surface area contributed by atoms with Gasteiger partial charge >= 0.3 is 0 Å². The van der Waals surface area contributed by atoms with Gasteiger partial charge in [0.2, 0.25) is 0 Å². The Bertz CT molecular complexity index is 561. The van der Waals surface area contributed by atoms with Crippen molar-refractivity contribution in [2.75, 3.05) is 7.11 Å².